The molecule has 146 valence electrons. The van der Waals surface area contributed by atoms with Gasteiger partial charge in [-0.15, -0.1) is 0 Å². The molecule has 2 aliphatic rings. The van der Waals surface area contributed by atoms with E-state index in [4.69, 9.17) is 9.47 Å². The maximum absolute atomic E-state index is 6.24. The highest BCUT2D eigenvalue weighted by Crippen LogP contribution is 2.46. The summed E-state index contributed by atoms with van der Waals surface area (Å²) in [6.45, 7) is 6.45. The van der Waals surface area contributed by atoms with Gasteiger partial charge in [0.25, 0.3) is 0 Å². The van der Waals surface area contributed by atoms with Crippen LogP contribution >= 0.6 is 11.8 Å². The highest BCUT2D eigenvalue weighted by Gasteiger charge is 2.30. The van der Waals surface area contributed by atoms with Crippen LogP contribution in [0.2, 0.25) is 0 Å². The fourth-order valence-corrected chi connectivity index (χ4v) is 5.59. The number of likely N-dealkylation sites (tertiary alicyclic amines) is 1. The number of ether oxygens (including phenoxy) is 2. The Morgan fingerprint density at radius 2 is 1.93 bits per heavy atom. The molecule has 3 aromatic rings. The summed E-state index contributed by atoms with van der Waals surface area (Å²) in [6.07, 6.45) is 2.63. The molecule has 1 aromatic heterocycles. The van der Waals surface area contributed by atoms with Gasteiger partial charge in [-0.3, -0.25) is 0 Å². The van der Waals surface area contributed by atoms with Crippen molar-refractivity contribution in [1.29, 1.82) is 0 Å². The van der Waals surface area contributed by atoms with Gasteiger partial charge in [-0.05, 0) is 51.1 Å². The van der Waals surface area contributed by atoms with Crippen LogP contribution in [0.15, 0.2) is 52.3 Å². The van der Waals surface area contributed by atoms with Gasteiger partial charge < -0.3 is 18.9 Å². The molecule has 5 rings (SSSR count). The van der Waals surface area contributed by atoms with E-state index in [2.05, 4.69) is 52.8 Å². The van der Waals surface area contributed by atoms with Crippen molar-refractivity contribution in [2.45, 2.75) is 35.6 Å². The molecule has 4 nitrogen and oxygen atoms in total. The summed E-state index contributed by atoms with van der Waals surface area (Å²) < 4.78 is 14.3. The Balaban J connectivity index is 1.63. The van der Waals surface area contributed by atoms with Crippen LogP contribution in [0.3, 0.4) is 0 Å². The zero-order valence-electron chi connectivity index (χ0n) is 16.5. The van der Waals surface area contributed by atoms with Crippen molar-refractivity contribution >= 4 is 22.7 Å². The summed E-state index contributed by atoms with van der Waals surface area (Å²) in [5.74, 6) is 1.79. The third-order valence-corrected chi connectivity index (χ3v) is 7.11. The van der Waals surface area contributed by atoms with E-state index in [0.29, 0.717) is 6.04 Å². The lowest BCUT2D eigenvalue weighted by Gasteiger charge is -2.31. The summed E-state index contributed by atoms with van der Waals surface area (Å²) in [6, 6.07) is 15.1. The van der Waals surface area contributed by atoms with Gasteiger partial charge in [-0.1, -0.05) is 30.0 Å². The van der Waals surface area contributed by atoms with E-state index in [9.17, 15) is 0 Å². The smallest absolute Gasteiger partial charge is 0.147 e. The molecule has 0 amide bonds. The molecular weight excluding hydrogens is 368 g/mol. The summed E-state index contributed by atoms with van der Waals surface area (Å²) in [7, 11) is 1.72. The van der Waals surface area contributed by atoms with Crippen LogP contribution < -0.4 is 9.47 Å². The van der Waals surface area contributed by atoms with E-state index < -0.39 is 0 Å². The van der Waals surface area contributed by atoms with Crippen LogP contribution in [0.5, 0.6) is 11.5 Å². The topological polar surface area (TPSA) is 26.6 Å². The fourth-order valence-electron chi connectivity index (χ4n) is 4.55. The molecule has 0 N–H and O–H groups in total. The molecule has 0 saturated carbocycles. The molecule has 3 heterocycles. The van der Waals surface area contributed by atoms with E-state index in [1.807, 2.05) is 17.8 Å². The van der Waals surface area contributed by atoms with Crippen molar-refractivity contribution < 1.29 is 9.47 Å². The first-order chi connectivity index (χ1) is 13.7. The molecule has 5 heteroatoms. The first-order valence-corrected chi connectivity index (χ1v) is 10.9. The lowest BCUT2D eigenvalue weighted by molar-refractivity contribution is 0.186. The van der Waals surface area contributed by atoms with Crippen molar-refractivity contribution in [2.24, 2.45) is 0 Å². The largest absolute Gasteiger partial charge is 0.497 e. The molecule has 2 aliphatic heterocycles. The van der Waals surface area contributed by atoms with Crippen LogP contribution in [0.4, 0.5) is 0 Å². The Labute approximate surface area is 170 Å². The van der Waals surface area contributed by atoms with E-state index >= 15 is 0 Å². The Morgan fingerprint density at radius 1 is 1.14 bits per heavy atom. The van der Waals surface area contributed by atoms with E-state index in [1.165, 1.54) is 52.3 Å². The molecular formula is C23H26N2O2S. The SMILES string of the molecule is COc1cc2c3c(c1)c(Sc1ccccc1)c(C)n3C(CN1CCCC1)CO2. The number of nitrogens with zero attached hydrogens (tertiary/aromatic N) is 2. The van der Waals surface area contributed by atoms with Crippen LogP contribution in [0.25, 0.3) is 10.9 Å². The van der Waals surface area contributed by atoms with Gasteiger partial charge in [0.1, 0.15) is 18.1 Å². The molecule has 1 fully saturated rings. The van der Waals surface area contributed by atoms with Crippen molar-refractivity contribution in [3.63, 3.8) is 0 Å². The van der Waals surface area contributed by atoms with Gasteiger partial charge in [-0.25, -0.2) is 0 Å². The minimum Gasteiger partial charge on any atom is -0.497 e. The lowest BCUT2D eigenvalue weighted by atomic mass is 10.2. The zero-order chi connectivity index (χ0) is 19.1. The second kappa shape index (κ2) is 7.37. The number of aromatic nitrogens is 1. The highest BCUT2D eigenvalue weighted by atomic mass is 32.2. The first kappa shape index (κ1) is 18.0. The first-order valence-electron chi connectivity index (χ1n) is 10.0. The molecule has 0 bridgehead atoms. The van der Waals surface area contributed by atoms with Crippen LogP contribution in [-0.2, 0) is 0 Å². The van der Waals surface area contributed by atoms with E-state index in [-0.39, 0.29) is 0 Å². The van der Waals surface area contributed by atoms with Crippen LogP contribution in [0, 0.1) is 6.92 Å². The van der Waals surface area contributed by atoms with Crippen LogP contribution in [0.1, 0.15) is 24.6 Å². The quantitative estimate of drug-likeness (QED) is 0.599. The molecule has 0 aliphatic carbocycles. The molecule has 28 heavy (non-hydrogen) atoms. The number of benzene rings is 2. The van der Waals surface area contributed by atoms with Gasteiger partial charge in [-0.2, -0.15) is 0 Å². The van der Waals surface area contributed by atoms with Gasteiger partial charge in [0.15, 0.2) is 0 Å². The Morgan fingerprint density at radius 3 is 2.68 bits per heavy atom. The average molecular weight is 395 g/mol. The summed E-state index contributed by atoms with van der Waals surface area (Å²) in [5, 5.41) is 1.23. The molecule has 1 atom stereocenters. The molecule has 1 unspecified atom stereocenters. The second-order valence-electron chi connectivity index (χ2n) is 7.69. The predicted octanol–water partition coefficient (Wildman–Crippen LogP) is 5.14. The number of hydrogen-bond donors (Lipinski definition) is 0. The molecule has 0 radical (unpaired) electrons. The van der Waals surface area contributed by atoms with Crippen molar-refractivity contribution in [3.8, 4) is 11.5 Å². The highest BCUT2D eigenvalue weighted by molar-refractivity contribution is 7.99. The van der Waals surface area contributed by atoms with Crippen molar-refractivity contribution in [2.75, 3.05) is 33.4 Å². The van der Waals surface area contributed by atoms with E-state index in [1.54, 1.807) is 7.11 Å². The molecule has 0 spiro atoms. The lowest BCUT2D eigenvalue weighted by Crippen LogP contribution is -2.34. The average Bonchev–Trinajstić information content (AvgIpc) is 3.33. The maximum Gasteiger partial charge on any atom is 0.147 e. The monoisotopic (exact) mass is 394 g/mol. The number of hydrogen-bond acceptors (Lipinski definition) is 4. The third kappa shape index (κ3) is 3.07. The Bertz CT molecular complexity index is 993. The predicted molar refractivity (Wildman–Crippen MR) is 114 cm³/mol. The zero-order valence-corrected chi connectivity index (χ0v) is 17.3. The summed E-state index contributed by atoms with van der Waals surface area (Å²) in [5.41, 5.74) is 2.54. The van der Waals surface area contributed by atoms with Gasteiger partial charge in [0.2, 0.25) is 0 Å². The Hall–Kier alpha value is -2.11. The van der Waals surface area contributed by atoms with Gasteiger partial charge >= 0.3 is 0 Å². The molecule has 1 saturated heterocycles. The normalized spacial score (nSPS) is 19.1. The van der Waals surface area contributed by atoms with Crippen LogP contribution in [-0.4, -0.2) is 42.8 Å². The second-order valence-corrected chi connectivity index (χ2v) is 8.78. The standard InChI is InChI=1S/C23H26N2O2S/c1-16-23(28-19-8-4-3-5-9-19)20-12-18(26-2)13-21-22(20)25(16)17(15-27-21)14-24-10-6-7-11-24/h3-5,8-9,12-13,17H,6-7,10-11,14-15H2,1-2H3. The summed E-state index contributed by atoms with van der Waals surface area (Å²) >= 11 is 1.83. The van der Waals surface area contributed by atoms with Gasteiger partial charge in [0, 0.05) is 33.5 Å². The number of rotatable bonds is 5. The maximum atomic E-state index is 6.24. The van der Waals surface area contributed by atoms with Crippen molar-refractivity contribution in [1.82, 2.24) is 9.47 Å². The van der Waals surface area contributed by atoms with E-state index in [0.717, 1.165) is 24.7 Å². The summed E-state index contributed by atoms with van der Waals surface area (Å²) in [4.78, 5) is 5.14. The van der Waals surface area contributed by atoms with Gasteiger partial charge in [0.05, 0.1) is 18.7 Å². The number of methoxy groups -OCH3 is 1. The third-order valence-electron chi connectivity index (χ3n) is 5.89. The molecule has 2 aromatic carbocycles. The van der Waals surface area contributed by atoms with Crippen molar-refractivity contribution in [3.05, 3.63) is 48.2 Å². The Kier molecular flexibility index (Phi) is 4.73. The minimum absolute atomic E-state index is 0.353. The minimum atomic E-state index is 0.353. The fraction of sp³-hybridized carbons (Fsp3) is 0.391.